The summed E-state index contributed by atoms with van der Waals surface area (Å²) in [7, 11) is 0. The summed E-state index contributed by atoms with van der Waals surface area (Å²) >= 11 is 0. The first-order valence-electron chi connectivity index (χ1n) is 7.06. The number of nitrogens with one attached hydrogen (secondary N) is 1. The molecular formula is C13H23F3N2O2. The van der Waals surface area contributed by atoms with E-state index in [0.717, 1.165) is 19.3 Å². The van der Waals surface area contributed by atoms with E-state index in [-0.39, 0.29) is 11.9 Å². The number of alkyl halides is 3. The molecule has 0 bridgehead atoms. The van der Waals surface area contributed by atoms with E-state index >= 15 is 0 Å². The zero-order valence-electron chi connectivity index (χ0n) is 11.7. The van der Waals surface area contributed by atoms with E-state index in [1.54, 1.807) is 0 Å². The van der Waals surface area contributed by atoms with Gasteiger partial charge in [-0.2, -0.15) is 13.2 Å². The Balaban J connectivity index is 2.35. The third-order valence-electron chi connectivity index (χ3n) is 3.39. The highest BCUT2D eigenvalue weighted by Crippen LogP contribution is 2.24. The molecule has 1 amide bonds. The fourth-order valence-corrected chi connectivity index (χ4v) is 2.39. The zero-order valence-corrected chi connectivity index (χ0v) is 11.7. The Morgan fingerprint density at radius 1 is 1.45 bits per heavy atom. The summed E-state index contributed by atoms with van der Waals surface area (Å²) in [6.45, 7) is 0.711. The molecule has 1 aliphatic carbocycles. The van der Waals surface area contributed by atoms with Crippen LogP contribution in [0.25, 0.3) is 0 Å². The molecule has 20 heavy (non-hydrogen) atoms. The highest BCUT2D eigenvalue weighted by Gasteiger charge is 2.31. The van der Waals surface area contributed by atoms with Gasteiger partial charge in [0.05, 0.1) is 12.1 Å². The average Bonchev–Trinajstić information content (AvgIpc) is 2.36. The topological polar surface area (TPSA) is 64.4 Å². The van der Waals surface area contributed by atoms with Crippen LogP contribution in [0.2, 0.25) is 0 Å². The molecule has 0 aromatic carbocycles. The molecule has 4 nitrogen and oxygen atoms in total. The fraction of sp³-hybridized carbons (Fsp3) is 0.923. The van der Waals surface area contributed by atoms with Crippen LogP contribution in [-0.4, -0.2) is 36.9 Å². The van der Waals surface area contributed by atoms with Gasteiger partial charge in [0.2, 0.25) is 5.91 Å². The predicted octanol–water partition coefficient (Wildman–Crippen LogP) is 2.12. The number of carbonyl (C=O) groups excluding carboxylic acids is 1. The number of hydrogen-bond acceptors (Lipinski definition) is 3. The van der Waals surface area contributed by atoms with Gasteiger partial charge in [-0.15, -0.1) is 0 Å². The van der Waals surface area contributed by atoms with Crippen molar-refractivity contribution < 1.29 is 22.7 Å². The Morgan fingerprint density at radius 2 is 2.15 bits per heavy atom. The molecule has 1 fully saturated rings. The SMILES string of the molecule is CCC[C@@H](N)C(=O)NC1CCCC(OCC(F)(F)F)C1. The predicted molar refractivity (Wildman–Crippen MR) is 69.1 cm³/mol. The Bertz CT molecular complexity index is 310. The number of hydrogen-bond donors (Lipinski definition) is 2. The molecule has 0 spiro atoms. The first kappa shape index (κ1) is 17.2. The first-order valence-corrected chi connectivity index (χ1v) is 7.06. The smallest absolute Gasteiger partial charge is 0.369 e. The lowest BCUT2D eigenvalue weighted by molar-refractivity contribution is -0.188. The van der Waals surface area contributed by atoms with Gasteiger partial charge < -0.3 is 15.8 Å². The molecule has 118 valence electrons. The van der Waals surface area contributed by atoms with Gasteiger partial charge in [0, 0.05) is 6.04 Å². The van der Waals surface area contributed by atoms with E-state index in [2.05, 4.69) is 5.32 Å². The maximum atomic E-state index is 12.1. The summed E-state index contributed by atoms with van der Waals surface area (Å²) in [4.78, 5) is 11.8. The third kappa shape index (κ3) is 6.56. The lowest BCUT2D eigenvalue weighted by Crippen LogP contribution is -2.47. The maximum absolute atomic E-state index is 12.1. The van der Waals surface area contributed by atoms with Crippen LogP contribution >= 0.6 is 0 Å². The quantitative estimate of drug-likeness (QED) is 0.789. The second-order valence-electron chi connectivity index (χ2n) is 5.32. The summed E-state index contributed by atoms with van der Waals surface area (Å²) in [5.41, 5.74) is 5.70. The van der Waals surface area contributed by atoms with Gasteiger partial charge in [-0.3, -0.25) is 4.79 Å². The molecule has 0 saturated heterocycles. The van der Waals surface area contributed by atoms with Crippen LogP contribution < -0.4 is 11.1 Å². The van der Waals surface area contributed by atoms with Crippen LogP contribution in [0.1, 0.15) is 45.4 Å². The number of rotatable bonds is 6. The van der Waals surface area contributed by atoms with Crippen molar-refractivity contribution in [2.45, 2.75) is 69.8 Å². The standard InChI is InChI=1S/C13H23F3N2O2/c1-2-4-11(17)12(19)18-9-5-3-6-10(7-9)20-8-13(14,15)16/h9-11H,2-8,17H2,1H3,(H,18,19)/t9?,10?,11-/m1/s1. The van der Waals surface area contributed by atoms with E-state index in [1.807, 2.05) is 6.92 Å². The van der Waals surface area contributed by atoms with E-state index in [0.29, 0.717) is 19.3 Å². The van der Waals surface area contributed by atoms with Crippen molar-refractivity contribution in [1.82, 2.24) is 5.32 Å². The zero-order chi connectivity index (χ0) is 15.2. The Kier molecular flexibility index (Phi) is 6.75. The molecule has 0 heterocycles. The van der Waals surface area contributed by atoms with E-state index < -0.39 is 24.9 Å². The normalized spacial score (nSPS) is 25.2. The van der Waals surface area contributed by atoms with Gasteiger partial charge in [-0.25, -0.2) is 0 Å². The molecule has 3 atom stereocenters. The summed E-state index contributed by atoms with van der Waals surface area (Å²) in [5, 5.41) is 2.81. The van der Waals surface area contributed by atoms with Crippen LogP contribution in [-0.2, 0) is 9.53 Å². The molecule has 7 heteroatoms. The van der Waals surface area contributed by atoms with Gasteiger partial charge in [0.15, 0.2) is 0 Å². The summed E-state index contributed by atoms with van der Waals surface area (Å²) in [5.74, 6) is -0.228. The lowest BCUT2D eigenvalue weighted by atomic mass is 9.92. The molecule has 0 aromatic rings. The van der Waals surface area contributed by atoms with Crippen molar-refractivity contribution in [3.63, 3.8) is 0 Å². The van der Waals surface area contributed by atoms with Gasteiger partial charge in [-0.05, 0) is 32.1 Å². The second kappa shape index (κ2) is 7.83. The van der Waals surface area contributed by atoms with Crippen molar-refractivity contribution in [3.8, 4) is 0 Å². The molecule has 1 aliphatic rings. The highest BCUT2D eigenvalue weighted by atomic mass is 19.4. The lowest BCUT2D eigenvalue weighted by Gasteiger charge is -2.30. The number of ether oxygens (including phenoxy) is 1. The average molecular weight is 296 g/mol. The van der Waals surface area contributed by atoms with Gasteiger partial charge in [0.1, 0.15) is 6.61 Å². The van der Waals surface area contributed by atoms with Gasteiger partial charge in [-0.1, -0.05) is 13.3 Å². The minimum Gasteiger partial charge on any atom is -0.369 e. The fourth-order valence-electron chi connectivity index (χ4n) is 2.39. The Labute approximate surface area is 117 Å². The molecule has 2 unspecified atom stereocenters. The largest absolute Gasteiger partial charge is 0.411 e. The van der Waals surface area contributed by atoms with E-state index in [9.17, 15) is 18.0 Å². The summed E-state index contributed by atoms with van der Waals surface area (Å²) < 4.78 is 41.2. The molecule has 1 rings (SSSR count). The maximum Gasteiger partial charge on any atom is 0.411 e. The van der Waals surface area contributed by atoms with Crippen LogP contribution in [0.4, 0.5) is 13.2 Å². The van der Waals surface area contributed by atoms with E-state index in [4.69, 9.17) is 10.5 Å². The van der Waals surface area contributed by atoms with Crippen molar-refractivity contribution in [3.05, 3.63) is 0 Å². The number of nitrogens with two attached hydrogens (primary N) is 1. The number of halogens is 3. The summed E-state index contributed by atoms with van der Waals surface area (Å²) in [6.07, 6.45) is -0.807. The van der Waals surface area contributed by atoms with Crippen LogP contribution in [0.15, 0.2) is 0 Å². The van der Waals surface area contributed by atoms with Crippen molar-refractivity contribution in [2.75, 3.05) is 6.61 Å². The Morgan fingerprint density at radius 3 is 2.75 bits per heavy atom. The molecule has 1 saturated carbocycles. The van der Waals surface area contributed by atoms with Crippen molar-refractivity contribution in [1.29, 1.82) is 0 Å². The van der Waals surface area contributed by atoms with Gasteiger partial charge in [0.25, 0.3) is 0 Å². The first-order chi connectivity index (χ1) is 9.31. The van der Waals surface area contributed by atoms with Crippen LogP contribution in [0, 0.1) is 0 Å². The van der Waals surface area contributed by atoms with Crippen LogP contribution in [0.3, 0.4) is 0 Å². The third-order valence-corrected chi connectivity index (χ3v) is 3.39. The van der Waals surface area contributed by atoms with Crippen molar-refractivity contribution >= 4 is 5.91 Å². The van der Waals surface area contributed by atoms with Crippen molar-refractivity contribution in [2.24, 2.45) is 5.73 Å². The summed E-state index contributed by atoms with van der Waals surface area (Å²) in [6, 6.07) is -0.686. The Hall–Kier alpha value is -0.820. The molecular weight excluding hydrogens is 273 g/mol. The molecule has 0 radical (unpaired) electrons. The number of carbonyl (C=O) groups is 1. The number of amides is 1. The minimum absolute atomic E-state index is 0.141. The highest BCUT2D eigenvalue weighted by molar-refractivity contribution is 5.81. The van der Waals surface area contributed by atoms with Crippen LogP contribution in [0.5, 0.6) is 0 Å². The second-order valence-corrected chi connectivity index (χ2v) is 5.32. The minimum atomic E-state index is -4.31. The monoisotopic (exact) mass is 296 g/mol. The molecule has 0 aromatic heterocycles. The molecule has 3 N–H and O–H groups in total. The molecule has 0 aliphatic heterocycles. The van der Waals surface area contributed by atoms with E-state index in [1.165, 1.54) is 0 Å². The van der Waals surface area contributed by atoms with Gasteiger partial charge >= 0.3 is 6.18 Å².